The average Bonchev–Trinajstić information content (AvgIpc) is 2.56. The number of carbonyl (C=O) groups is 1. The molecule has 0 bridgehead atoms. The topological polar surface area (TPSA) is 75.7 Å². The highest BCUT2D eigenvalue weighted by Crippen LogP contribution is 2.28. The lowest BCUT2D eigenvalue weighted by Gasteiger charge is -2.18. The molecule has 9 heteroatoms. The Hall–Kier alpha value is -1.96. The summed E-state index contributed by atoms with van der Waals surface area (Å²) in [4.78, 5) is 12.6. The van der Waals surface area contributed by atoms with Crippen molar-refractivity contribution in [2.75, 3.05) is 30.0 Å². The van der Waals surface area contributed by atoms with Gasteiger partial charge in [0.25, 0.3) is 5.91 Å². The van der Waals surface area contributed by atoms with Crippen LogP contribution in [0.4, 0.5) is 11.4 Å². The molecule has 0 spiro atoms. The fraction of sp³-hybridized carbons (Fsp3) is 0.188. The van der Waals surface area contributed by atoms with E-state index in [4.69, 9.17) is 27.9 Å². The highest BCUT2D eigenvalue weighted by molar-refractivity contribution is 7.92. The Labute approximate surface area is 156 Å². The molecule has 0 saturated heterocycles. The molecule has 0 unspecified atom stereocenters. The van der Waals surface area contributed by atoms with Crippen LogP contribution in [-0.4, -0.2) is 34.7 Å². The number of nitrogens with zero attached hydrogens (tertiary/aromatic N) is 1. The quantitative estimate of drug-likeness (QED) is 0.827. The fourth-order valence-electron chi connectivity index (χ4n) is 2.03. The summed E-state index contributed by atoms with van der Waals surface area (Å²) in [5.41, 5.74) is 0.965. The first-order valence-corrected chi connectivity index (χ1v) is 9.62. The van der Waals surface area contributed by atoms with Gasteiger partial charge in [0.1, 0.15) is 5.75 Å². The third-order valence-corrected chi connectivity index (χ3v) is 5.41. The van der Waals surface area contributed by atoms with Gasteiger partial charge in [0.05, 0.1) is 34.7 Å². The summed E-state index contributed by atoms with van der Waals surface area (Å²) in [5.74, 6) is -0.165. The van der Waals surface area contributed by atoms with E-state index in [0.29, 0.717) is 27.2 Å². The summed E-state index contributed by atoms with van der Waals surface area (Å²) in [6.45, 7) is 0. The van der Waals surface area contributed by atoms with Crippen molar-refractivity contribution >= 4 is 50.5 Å². The van der Waals surface area contributed by atoms with E-state index in [9.17, 15) is 13.2 Å². The van der Waals surface area contributed by atoms with Gasteiger partial charge in [-0.1, -0.05) is 23.2 Å². The molecule has 0 aliphatic carbocycles. The number of ether oxygens (including phenoxy) is 1. The molecule has 134 valence electrons. The van der Waals surface area contributed by atoms with Crippen molar-refractivity contribution < 1.29 is 17.9 Å². The van der Waals surface area contributed by atoms with E-state index in [-0.39, 0.29) is 5.56 Å². The van der Waals surface area contributed by atoms with E-state index in [1.54, 1.807) is 18.2 Å². The molecule has 6 nitrogen and oxygen atoms in total. The molecule has 0 heterocycles. The lowest BCUT2D eigenvalue weighted by atomic mass is 10.1. The molecule has 0 aliphatic heterocycles. The first-order chi connectivity index (χ1) is 11.6. The zero-order chi connectivity index (χ0) is 18.8. The van der Waals surface area contributed by atoms with E-state index in [0.717, 1.165) is 10.6 Å². The normalized spacial score (nSPS) is 11.1. The second kappa shape index (κ2) is 7.51. The van der Waals surface area contributed by atoms with Crippen molar-refractivity contribution in [1.29, 1.82) is 0 Å². The van der Waals surface area contributed by atoms with Crippen molar-refractivity contribution in [2.24, 2.45) is 0 Å². The number of halogens is 2. The second-order valence-corrected chi connectivity index (χ2v) is 8.03. The molecule has 25 heavy (non-hydrogen) atoms. The molecule has 0 aromatic heterocycles. The van der Waals surface area contributed by atoms with Crippen LogP contribution in [0.2, 0.25) is 10.0 Å². The van der Waals surface area contributed by atoms with Crippen LogP contribution in [0.15, 0.2) is 36.4 Å². The van der Waals surface area contributed by atoms with Crippen molar-refractivity contribution in [3.05, 3.63) is 52.0 Å². The molecule has 0 saturated carbocycles. The van der Waals surface area contributed by atoms with Gasteiger partial charge < -0.3 is 10.1 Å². The third-order valence-electron chi connectivity index (χ3n) is 3.47. The third kappa shape index (κ3) is 4.56. The Balaban J connectivity index is 2.38. The minimum atomic E-state index is -3.46. The average molecular weight is 403 g/mol. The van der Waals surface area contributed by atoms with Gasteiger partial charge in [0.15, 0.2) is 0 Å². The first kappa shape index (κ1) is 19.4. The van der Waals surface area contributed by atoms with Crippen LogP contribution in [0, 0.1) is 0 Å². The Bertz CT molecular complexity index is 916. The molecule has 0 fully saturated rings. The number of hydrogen-bond acceptors (Lipinski definition) is 4. The van der Waals surface area contributed by atoms with E-state index in [1.807, 2.05) is 0 Å². The maximum Gasteiger partial charge on any atom is 0.259 e. The number of hydrogen-bond donors (Lipinski definition) is 1. The van der Waals surface area contributed by atoms with Gasteiger partial charge in [0, 0.05) is 12.7 Å². The number of amides is 1. The van der Waals surface area contributed by atoms with Crippen LogP contribution in [-0.2, 0) is 10.0 Å². The zero-order valence-electron chi connectivity index (χ0n) is 13.7. The minimum absolute atomic E-state index is 0.182. The Kier molecular flexibility index (Phi) is 5.82. The first-order valence-electron chi connectivity index (χ1n) is 7.02. The van der Waals surface area contributed by atoms with Crippen LogP contribution >= 0.6 is 23.2 Å². The summed E-state index contributed by atoms with van der Waals surface area (Å²) < 4.78 is 29.7. The standard InChI is InChI=1S/C16H16Cl2N2O4S/c1-20(25(3,22)23)11-5-7-15(24-2)12(9-11)16(21)19-10-4-6-13(17)14(18)8-10/h4-9H,1-3H3,(H,19,21). The number of sulfonamides is 1. The summed E-state index contributed by atoms with van der Waals surface area (Å²) in [7, 11) is -0.636. The van der Waals surface area contributed by atoms with Crippen molar-refractivity contribution in [3.63, 3.8) is 0 Å². The van der Waals surface area contributed by atoms with Crippen molar-refractivity contribution in [3.8, 4) is 5.75 Å². The van der Waals surface area contributed by atoms with Crippen LogP contribution in [0.5, 0.6) is 5.75 Å². The lowest BCUT2D eigenvalue weighted by Crippen LogP contribution is -2.25. The van der Waals surface area contributed by atoms with Crippen LogP contribution in [0.25, 0.3) is 0 Å². The molecule has 0 aliphatic rings. The molecule has 2 rings (SSSR count). The SMILES string of the molecule is COc1ccc(N(C)S(C)(=O)=O)cc1C(=O)Nc1ccc(Cl)c(Cl)c1. The highest BCUT2D eigenvalue weighted by atomic mass is 35.5. The number of carbonyl (C=O) groups excluding carboxylic acids is 1. The maximum absolute atomic E-state index is 12.6. The van der Waals surface area contributed by atoms with Gasteiger partial charge in [-0.05, 0) is 36.4 Å². The molecule has 0 radical (unpaired) electrons. The summed E-state index contributed by atoms with van der Waals surface area (Å²) in [5, 5.41) is 3.35. The van der Waals surface area contributed by atoms with E-state index in [2.05, 4.69) is 5.32 Å². The number of benzene rings is 2. The largest absolute Gasteiger partial charge is 0.496 e. The molecule has 1 amide bonds. The van der Waals surface area contributed by atoms with Gasteiger partial charge in [-0.15, -0.1) is 0 Å². The number of rotatable bonds is 5. The number of methoxy groups -OCH3 is 1. The van der Waals surface area contributed by atoms with Gasteiger partial charge >= 0.3 is 0 Å². The Morgan fingerprint density at radius 2 is 1.80 bits per heavy atom. The highest BCUT2D eigenvalue weighted by Gasteiger charge is 2.18. The van der Waals surface area contributed by atoms with Gasteiger partial charge in [-0.2, -0.15) is 0 Å². The number of anilines is 2. The van der Waals surface area contributed by atoms with Crippen LogP contribution in [0.1, 0.15) is 10.4 Å². The smallest absolute Gasteiger partial charge is 0.259 e. The lowest BCUT2D eigenvalue weighted by molar-refractivity contribution is 0.102. The Morgan fingerprint density at radius 3 is 2.36 bits per heavy atom. The summed E-state index contributed by atoms with van der Waals surface area (Å²) in [6, 6.07) is 9.19. The van der Waals surface area contributed by atoms with Gasteiger partial charge in [0.2, 0.25) is 10.0 Å². The van der Waals surface area contributed by atoms with Gasteiger partial charge in [-0.25, -0.2) is 8.42 Å². The maximum atomic E-state index is 12.6. The molecule has 0 atom stereocenters. The van der Waals surface area contributed by atoms with Crippen molar-refractivity contribution in [2.45, 2.75) is 0 Å². The fourth-order valence-corrected chi connectivity index (χ4v) is 2.83. The van der Waals surface area contributed by atoms with Crippen LogP contribution in [0.3, 0.4) is 0 Å². The van der Waals surface area contributed by atoms with E-state index < -0.39 is 15.9 Å². The molecule has 1 N–H and O–H groups in total. The monoisotopic (exact) mass is 402 g/mol. The molecule has 2 aromatic rings. The summed E-state index contributed by atoms with van der Waals surface area (Å²) in [6.07, 6.45) is 1.08. The predicted molar refractivity (Wildman–Crippen MR) is 101 cm³/mol. The van der Waals surface area contributed by atoms with Crippen molar-refractivity contribution in [1.82, 2.24) is 0 Å². The molecular weight excluding hydrogens is 387 g/mol. The molecular formula is C16H16Cl2N2O4S. The van der Waals surface area contributed by atoms with E-state index in [1.165, 1.54) is 32.4 Å². The summed E-state index contributed by atoms with van der Waals surface area (Å²) >= 11 is 11.8. The van der Waals surface area contributed by atoms with Crippen LogP contribution < -0.4 is 14.4 Å². The molecule has 2 aromatic carbocycles. The van der Waals surface area contributed by atoms with E-state index >= 15 is 0 Å². The van der Waals surface area contributed by atoms with Gasteiger partial charge in [-0.3, -0.25) is 9.10 Å². The Morgan fingerprint density at radius 1 is 1.12 bits per heavy atom. The number of nitrogens with one attached hydrogen (secondary N) is 1. The minimum Gasteiger partial charge on any atom is -0.496 e. The predicted octanol–water partition coefficient (Wildman–Crippen LogP) is 3.65. The zero-order valence-corrected chi connectivity index (χ0v) is 16.0. The second-order valence-electron chi connectivity index (χ2n) is 5.20.